The number of benzene rings is 7. The Bertz CT molecular complexity index is 3150. The summed E-state index contributed by atoms with van der Waals surface area (Å²) in [5.74, 6) is 1.82. The largest absolute Gasteiger partial charge is 0.455 e. The van der Waals surface area contributed by atoms with Crippen LogP contribution in [0.4, 0.5) is 0 Å². The van der Waals surface area contributed by atoms with Gasteiger partial charge in [0.1, 0.15) is 61.6 Å². The van der Waals surface area contributed by atoms with Crippen LogP contribution >= 0.6 is 0 Å². The molecule has 0 saturated carbocycles. The molecule has 254 valence electrons. The standard InChI is InChI=1S/C45H32B5N3O2/c46-36-35(37(47)39(49)40(50)38(36)48)24-11-6-12-25(21-24)44-51-43(23-9-2-1-3-10-23)52-45(53-44)26-19-20-28-30-15-8-17-32(42(30)55-34(28)22-26)31-16-7-14-29-27-13-4-5-18-33(27)54-41(29)31/h1-22H,46-50H2. The van der Waals surface area contributed by atoms with Crippen LogP contribution in [0.25, 0.3) is 100 Å². The predicted octanol–water partition coefficient (Wildman–Crippen LogP) is 3.30. The normalized spacial score (nSPS) is 11.6. The summed E-state index contributed by atoms with van der Waals surface area (Å²) in [5, 5.41) is 4.25. The van der Waals surface area contributed by atoms with Crippen LogP contribution in [0.3, 0.4) is 0 Å². The van der Waals surface area contributed by atoms with E-state index in [-0.39, 0.29) is 0 Å². The zero-order valence-electron chi connectivity index (χ0n) is 31.4. The van der Waals surface area contributed by atoms with Crippen molar-refractivity contribution in [1.29, 1.82) is 0 Å². The van der Waals surface area contributed by atoms with Gasteiger partial charge in [0, 0.05) is 49.4 Å². The average molecular weight is 701 g/mol. The van der Waals surface area contributed by atoms with Crippen LogP contribution in [0.2, 0.25) is 0 Å². The second kappa shape index (κ2) is 12.8. The summed E-state index contributed by atoms with van der Waals surface area (Å²) in [4.78, 5) is 15.2. The molecule has 0 atom stereocenters. The van der Waals surface area contributed by atoms with Crippen LogP contribution in [-0.2, 0) is 0 Å². The number of aromatic nitrogens is 3. The van der Waals surface area contributed by atoms with Crippen molar-refractivity contribution in [3.63, 3.8) is 0 Å². The maximum Gasteiger partial charge on any atom is 0.164 e. The Labute approximate surface area is 322 Å². The van der Waals surface area contributed by atoms with Crippen molar-refractivity contribution in [2.75, 3.05) is 0 Å². The SMILES string of the molecule is Bc1c(B)c(B)c(-c2cccc(-c3nc(-c4ccccc4)nc(-c4ccc5c(c4)oc4c(-c6cccc7c6oc6ccccc67)cccc45)n3)c2)c(B)c1B. The number of fused-ring (bicyclic) bond motifs is 6. The Morgan fingerprint density at radius 1 is 0.345 bits per heavy atom. The van der Waals surface area contributed by atoms with Crippen molar-refractivity contribution in [3.05, 3.63) is 133 Å². The van der Waals surface area contributed by atoms with Crippen LogP contribution in [-0.4, -0.2) is 54.2 Å². The molecule has 0 aliphatic rings. The lowest BCUT2D eigenvalue weighted by molar-refractivity contribution is 0.665. The maximum absolute atomic E-state index is 6.75. The summed E-state index contributed by atoms with van der Waals surface area (Å²) in [6, 6.07) is 45.7. The molecule has 7 aromatic carbocycles. The van der Waals surface area contributed by atoms with E-state index in [0.717, 1.165) is 77.3 Å². The second-order valence-corrected chi connectivity index (χ2v) is 14.5. The van der Waals surface area contributed by atoms with Gasteiger partial charge in [-0.3, -0.25) is 0 Å². The summed E-state index contributed by atoms with van der Waals surface area (Å²) in [5.41, 5.74) is 17.0. The Hall–Kier alpha value is -6.53. The van der Waals surface area contributed by atoms with Gasteiger partial charge < -0.3 is 8.83 Å². The minimum atomic E-state index is 0.582. The lowest BCUT2D eigenvalue weighted by Gasteiger charge is -2.20. The predicted molar refractivity (Wildman–Crippen MR) is 242 cm³/mol. The first-order valence-electron chi connectivity index (χ1n) is 18.7. The first-order valence-corrected chi connectivity index (χ1v) is 18.7. The first kappa shape index (κ1) is 33.1. The Kier molecular flexibility index (Phi) is 7.70. The Balaban J connectivity index is 1.12. The van der Waals surface area contributed by atoms with Crippen LogP contribution in [0.1, 0.15) is 0 Å². The van der Waals surface area contributed by atoms with Gasteiger partial charge in [-0.1, -0.05) is 120 Å². The van der Waals surface area contributed by atoms with Gasteiger partial charge in [-0.05, 0) is 35.4 Å². The number of nitrogens with zero attached hydrogens (tertiary/aromatic N) is 3. The summed E-state index contributed by atoms with van der Waals surface area (Å²) < 4.78 is 13.2. The molecule has 0 unspecified atom stereocenters. The van der Waals surface area contributed by atoms with E-state index in [2.05, 4.69) is 124 Å². The Morgan fingerprint density at radius 3 is 1.49 bits per heavy atom. The van der Waals surface area contributed by atoms with Gasteiger partial charge in [-0.2, -0.15) is 0 Å². The number of para-hydroxylation sites is 3. The molecule has 10 aromatic rings. The monoisotopic (exact) mass is 701 g/mol. The van der Waals surface area contributed by atoms with Crippen molar-refractivity contribution < 1.29 is 8.83 Å². The molecule has 3 heterocycles. The molecule has 0 amide bonds. The highest BCUT2D eigenvalue weighted by Crippen LogP contribution is 2.41. The molecule has 0 fully saturated rings. The molecule has 0 saturated heterocycles. The van der Waals surface area contributed by atoms with Crippen LogP contribution < -0.4 is 27.3 Å². The quantitative estimate of drug-likeness (QED) is 0.258. The molecule has 3 aromatic heterocycles. The van der Waals surface area contributed by atoms with Gasteiger partial charge in [0.25, 0.3) is 0 Å². The minimum Gasteiger partial charge on any atom is -0.455 e. The van der Waals surface area contributed by atoms with Crippen molar-refractivity contribution in [2.24, 2.45) is 0 Å². The molecule has 10 heteroatoms. The zero-order chi connectivity index (χ0) is 37.4. The van der Waals surface area contributed by atoms with E-state index in [1.54, 1.807) is 0 Å². The number of hydrogen-bond acceptors (Lipinski definition) is 5. The highest BCUT2D eigenvalue weighted by Gasteiger charge is 2.20. The van der Waals surface area contributed by atoms with E-state index in [4.69, 9.17) is 23.8 Å². The molecule has 0 spiro atoms. The Morgan fingerprint density at radius 2 is 0.818 bits per heavy atom. The molecule has 0 aliphatic carbocycles. The van der Waals surface area contributed by atoms with Crippen molar-refractivity contribution in [3.8, 4) is 56.4 Å². The number of hydrogen-bond donors (Lipinski definition) is 0. The summed E-state index contributed by atoms with van der Waals surface area (Å²) in [6.07, 6.45) is 0. The van der Waals surface area contributed by atoms with Gasteiger partial charge in [0.15, 0.2) is 17.5 Å². The highest BCUT2D eigenvalue weighted by molar-refractivity contribution is 6.68. The zero-order valence-corrected chi connectivity index (χ0v) is 31.4. The molecule has 0 N–H and O–H groups in total. The summed E-state index contributed by atoms with van der Waals surface area (Å²) in [7, 11) is 11.1. The van der Waals surface area contributed by atoms with E-state index in [1.165, 1.54) is 32.9 Å². The van der Waals surface area contributed by atoms with Gasteiger partial charge in [0.05, 0.1) is 0 Å². The highest BCUT2D eigenvalue weighted by atomic mass is 16.3. The lowest BCUT2D eigenvalue weighted by atomic mass is 9.59. The molecule has 10 rings (SSSR count). The van der Waals surface area contributed by atoms with Crippen molar-refractivity contribution in [2.45, 2.75) is 0 Å². The summed E-state index contributed by atoms with van der Waals surface area (Å²) >= 11 is 0. The van der Waals surface area contributed by atoms with E-state index in [9.17, 15) is 0 Å². The molecule has 0 radical (unpaired) electrons. The smallest absolute Gasteiger partial charge is 0.164 e. The fraction of sp³-hybridized carbons (Fsp3) is 0. The maximum atomic E-state index is 6.75. The first-order chi connectivity index (χ1) is 26.8. The molecular formula is C45H32B5N3O2. The molecular weight excluding hydrogens is 669 g/mol. The second-order valence-electron chi connectivity index (χ2n) is 14.5. The van der Waals surface area contributed by atoms with E-state index in [1.807, 2.05) is 48.5 Å². The van der Waals surface area contributed by atoms with Gasteiger partial charge in [0.2, 0.25) is 0 Å². The van der Waals surface area contributed by atoms with Gasteiger partial charge >= 0.3 is 0 Å². The number of rotatable bonds is 5. The molecule has 55 heavy (non-hydrogen) atoms. The molecule has 0 bridgehead atoms. The topological polar surface area (TPSA) is 65.0 Å². The van der Waals surface area contributed by atoms with Crippen molar-refractivity contribution in [1.82, 2.24) is 15.0 Å². The minimum absolute atomic E-state index is 0.582. The number of furan rings is 2. The van der Waals surface area contributed by atoms with Gasteiger partial charge in [-0.25, -0.2) is 15.0 Å². The summed E-state index contributed by atoms with van der Waals surface area (Å²) in [6.45, 7) is 0. The third-order valence-electron chi connectivity index (χ3n) is 11.5. The van der Waals surface area contributed by atoms with Crippen LogP contribution in [0, 0.1) is 0 Å². The lowest BCUT2D eigenvalue weighted by Crippen LogP contribution is -2.55. The van der Waals surface area contributed by atoms with Gasteiger partial charge in [-0.15, -0.1) is 16.4 Å². The van der Waals surface area contributed by atoms with Crippen molar-refractivity contribution >= 4 is 110 Å². The van der Waals surface area contributed by atoms with E-state index >= 15 is 0 Å². The fourth-order valence-corrected chi connectivity index (χ4v) is 8.21. The van der Waals surface area contributed by atoms with Crippen LogP contribution in [0.5, 0.6) is 0 Å². The average Bonchev–Trinajstić information content (AvgIpc) is 3.81. The third-order valence-corrected chi connectivity index (χ3v) is 11.5. The van der Waals surface area contributed by atoms with Crippen LogP contribution in [0.15, 0.2) is 142 Å². The van der Waals surface area contributed by atoms with E-state index < -0.39 is 0 Å². The van der Waals surface area contributed by atoms with E-state index in [0.29, 0.717) is 17.5 Å². The molecule has 0 aliphatic heterocycles. The molecule has 5 nitrogen and oxygen atoms in total. The fourth-order valence-electron chi connectivity index (χ4n) is 8.21. The third kappa shape index (κ3) is 5.35.